The first kappa shape index (κ1) is 15.1. The molecule has 0 atom stereocenters. The van der Waals surface area contributed by atoms with Gasteiger partial charge in [0, 0.05) is 25.2 Å². The van der Waals surface area contributed by atoms with Crippen molar-refractivity contribution >= 4 is 0 Å². The van der Waals surface area contributed by atoms with Crippen molar-refractivity contribution in [1.82, 2.24) is 9.80 Å². The van der Waals surface area contributed by atoms with Gasteiger partial charge in [0.15, 0.2) is 0 Å². The molecule has 2 aliphatic rings. The molecule has 0 aliphatic carbocycles. The zero-order valence-corrected chi connectivity index (χ0v) is 13.9. The lowest BCUT2D eigenvalue weighted by atomic mass is 9.71. The second-order valence-electron chi connectivity index (χ2n) is 7.78. The minimum atomic E-state index is 0.384. The van der Waals surface area contributed by atoms with E-state index in [2.05, 4.69) is 60.9 Å². The maximum Gasteiger partial charge on any atom is 0.0234 e. The average Bonchev–Trinajstić information content (AvgIpc) is 2.47. The van der Waals surface area contributed by atoms with Crippen LogP contribution < -0.4 is 0 Å². The summed E-state index contributed by atoms with van der Waals surface area (Å²) >= 11 is 0. The first-order valence-corrected chi connectivity index (χ1v) is 8.54. The van der Waals surface area contributed by atoms with Gasteiger partial charge in [0.05, 0.1) is 0 Å². The number of benzene rings is 1. The Labute approximate surface area is 130 Å². The van der Waals surface area contributed by atoms with E-state index in [0.29, 0.717) is 11.0 Å². The molecule has 0 aromatic heterocycles. The molecule has 0 N–H and O–H groups in total. The SMILES string of the molecule is CCC(C)(C)N1CCC2(CC1)CN(Cc1ccccc1)C2. The standard InChI is InChI=1S/C19H30N2/c1-4-18(2,3)21-12-10-19(11-13-21)15-20(16-19)14-17-8-6-5-7-9-17/h5-9H,4,10-16H2,1-3H3. The van der Waals surface area contributed by atoms with Crippen LogP contribution in [0.15, 0.2) is 30.3 Å². The van der Waals surface area contributed by atoms with Crippen molar-refractivity contribution in [3.63, 3.8) is 0 Å². The fraction of sp³-hybridized carbons (Fsp3) is 0.684. The van der Waals surface area contributed by atoms with Gasteiger partial charge in [-0.05, 0) is 57.2 Å². The van der Waals surface area contributed by atoms with Gasteiger partial charge in [-0.25, -0.2) is 0 Å². The Kier molecular flexibility index (Phi) is 4.11. The van der Waals surface area contributed by atoms with Gasteiger partial charge in [-0.3, -0.25) is 9.80 Å². The molecule has 116 valence electrons. The van der Waals surface area contributed by atoms with Gasteiger partial charge < -0.3 is 0 Å². The molecule has 2 aliphatic heterocycles. The lowest BCUT2D eigenvalue weighted by Crippen LogP contribution is -2.61. The molecule has 3 rings (SSSR count). The summed E-state index contributed by atoms with van der Waals surface area (Å²) in [5, 5.41) is 0. The van der Waals surface area contributed by atoms with Crippen LogP contribution in [0.1, 0.15) is 45.6 Å². The number of hydrogen-bond donors (Lipinski definition) is 0. The Morgan fingerprint density at radius 3 is 2.24 bits per heavy atom. The van der Waals surface area contributed by atoms with E-state index in [1.165, 1.54) is 51.0 Å². The highest BCUT2D eigenvalue weighted by Gasteiger charge is 2.45. The zero-order chi connectivity index (χ0) is 14.9. The van der Waals surface area contributed by atoms with E-state index in [1.807, 2.05) is 0 Å². The second kappa shape index (κ2) is 5.73. The highest BCUT2D eigenvalue weighted by molar-refractivity contribution is 5.15. The van der Waals surface area contributed by atoms with Gasteiger partial charge in [0.2, 0.25) is 0 Å². The smallest absolute Gasteiger partial charge is 0.0234 e. The summed E-state index contributed by atoms with van der Waals surface area (Å²) in [6.45, 7) is 13.4. The maximum absolute atomic E-state index is 2.71. The van der Waals surface area contributed by atoms with Gasteiger partial charge in [-0.2, -0.15) is 0 Å². The van der Waals surface area contributed by atoms with E-state index in [0.717, 1.165) is 6.54 Å². The Hall–Kier alpha value is -0.860. The summed E-state index contributed by atoms with van der Waals surface area (Å²) in [5.74, 6) is 0. The van der Waals surface area contributed by atoms with Crippen molar-refractivity contribution in [3.8, 4) is 0 Å². The van der Waals surface area contributed by atoms with Crippen molar-refractivity contribution in [1.29, 1.82) is 0 Å². The lowest BCUT2D eigenvalue weighted by molar-refractivity contribution is -0.0683. The minimum Gasteiger partial charge on any atom is -0.298 e. The highest BCUT2D eigenvalue weighted by Crippen LogP contribution is 2.42. The van der Waals surface area contributed by atoms with Gasteiger partial charge >= 0.3 is 0 Å². The molecule has 0 unspecified atom stereocenters. The van der Waals surface area contributed by atoms with E-state index in [9.17, 15) is 0 Å². The molecule has 0 radical (unpaired) electrons. The fourth-order valence-electron chi connectivity index (χ4n) is 3.98. The van der Waals surface area contributed by atoms with Crippen molar-refractivity contribution in [2.75, 3.05) is 26.2 Å². The van der Waals surface area contributed by atoms with Crippen LogP contribution in [-0.4, -0.2) is 41.5 Å². The molecule has 2 heterocycles. The summed E-state index contributed by atoms with van der Waals surface area (Å²) in [7, 11) is 0. The summed E-state index contributed by atoms with van der Waals surface area (Å²) in [5.41, 5.74) is 2.47. The quantitative estimate of drug-likeness (QED) is 0.831. The fourth-order valence-corrected chi connectivity index (χ4v) is 3.98. The summed E-state index contributed by atoms with van der Waals surface area (Å²) < 4.78 is 0. The predicted octanol–water partition coefficient (Wildman–Crippen LogP) is 3.77. The first-order chi connectivity index (χ1) is 10.0. The average molecular weight is 286 g/mol. The third kappa shape index (κ3) is 3.17. The van der Waals surface area contributed by atoms with E-state index in [4.69, 9.17) is 0 Å². The largest absolute Gasteiger partial charge is 0.298 e. The molecule has 1 spiro atoms. The first-order valence-electron chi connectivity index (χ1n) is 8.54. The van der Waals surface area contributed by atoms with Gasteiger partial charge in [-0.15, -0.1) is 0 Å². The molecule has 0 saturated carbocycles. The second-order valence-corrected chi connectivity index (χ2v) is 7.78. The number of rotatable bonds is 4. The zero-order valence-electron chi connectivity index (χ0n) is 13.9. The van der Waals surface area contributed by atoms with Crippen LogP contribution in [-0.2, 0) is 6.54 Å². The molecule has 2 heteroatoms. The molecule has 1 aromatic rings. The summed E-state index contributed by atoms with van der Waals surface area (Å²) in [6.07, 6.45) is 4.03. The maximum atomic E-state index is 2.71. The van der Waals surface area contributed by atoms with Crippen LogP contribution in [0.25, 0.3) is 0 Å². The van der Waals surface area contributed by atoms with E-state index < -0.39 is 0 Å². The third-order valence-electron chi connectivity index (χ3n) is 5.91. The predicted molar refractivity (Wildman–Crippen MR) is 89.3 cm³/mol. The van der Waals surface area contributed by atoms with Gasteiger partial charge in [0.1, 0.15) is 0 Å². The summed E-state index contributed by atoms with van der Waals surface area (Å²) in [6, 6.07) is 10.9. The molecule has 2 fully saturated rings. The van der Waals surface area contributed by atoms with E-state index in [-0.39, 0.29) is 0 Å². The Bertz CT molecular complexity index is 450. The Balaban J connectivity index is 1.48. The third-order valence-corrected chi connectivity index (χ3v) is 5.91. The molecule has 0 bridgehead atoms. The Morgan fingerprint density at radius 1 is 1.05 bits per heavy atom. The number of nitrogens with zero attached hydrogens (tertiary/aromatic N) is 2. The van der Waals surface area contributed by atoms with Crippen molar-refractivity contribution in [2.45, 2.75) is 52.1 Å². The molecule has 1 aromatic carbocycles. The van der Waals surface area contributed by atoms with E-state index >= 15 is 0 Å². The van der Waals surface area contributed by atoms with Crippen LogP contribution in [0, 0.1) is 5.41 Å². The monoisotopic (exact) mass is 286 g/mol. The number of hydrogen-bond acceptors (Lipinski definition) is 2. The van der Waals surface area contributed by atoms with Crippen LogP contribution >= 0.6 is 0 Å². The van der Waals surface area contributed by atoms with Crippen molar-refractivity contribution < 1.29 is 0 Å². The normalized spacial score (nSPS) is 23.2. The highest BCUT2D eigenvalue weighted by atomic mass is 15.2. The van der Waals surface area contributed by atoms with Crippen molar-refractivity contribution in [2.24, 2.45) is 5.41 Å². The van der Waals surface area contributed by atoms with Crippen LogP contribution in [0.3, 0.4) is 0 Å². The van der Waals surface area contributed by atoms with Gasteiger partial charge in [0.25, 0.3) is 0 Å². The number of likely N-dealkylation sites (tertiary alicyclic amines) is 2. The molecule has 0 amide bonds. The number of piperidine rings is 1. The van der Waals surface area contributed by atoms with Gasteiger partial charge in [-0.1, -0.05) is 37.3 Å². The molecule has 2 saturated heterocycles. The molecule has 21 heavy (non-hydrogen) atoms. The molecular weight excluding hydrogens is 256 g/mol. The van der Waals surface area contributed by atoms with Crippen LogP contribution in [0.4, 0.5) is 0 Å². The topological polar surface area (TPSA) is 6.48 Å². The Morgan fingerprint density at radius 2 is 1.67 bits per heavy atom. The summed E-state index contributed by atoms with van der Waals surface area (Å²) in [4.78, 5) is 5.33. The van der Waals surface area contributed by atoms with Crippen LogP contribution in [0.5, 0.6) is 0 Å². The van der Waals surface area contributed by atoms with Crippen molar-refractivity contribution in [3.05, 3.63) is 35.9 Å². The van der Waals surface area contributed by atoms with Crippen LogP contribution in [0.2, 0.25) is 0 Å². The molecular formula is C19H30N2. The lowest BCUT2D eigenvalue weighted by Gasteiger charge is -2.56. The van der Waals surface area contributed by atoms with E-state index in [1.54, 1.807) is 0 Å². The molecule has 2 nitrogen and oxygen atoms in total. The minimum absolute atomic E-state index is 0.384.